The number of carbonyl (C=O) groups excluding carboxylic acids is 6. The molecule has 0 heterocycles. The van der Waals surface area contributed by atoms with E-state index in [1.165, 1.54) is 12.2 Å². The highest BCUT2D eigenvalue weighted by molar-refractivity contribution is 6.07. The topological polar surface area (TPSA) is 158 Å². The Morgan fingerprint density at radius 3 is 1.04 bits per heavy atom. The lowest BCUT2D eigenvalue weighted by molar-refractivity contribution is -0.143. The number of hydrogen-bond donors (Lipinski definition) is 0. The van der Waals surface area contributed by atoms with Crippen molar-refractivity contribution in [1.29, 1.82) is 0 Å². The molecule has 4 aromatic carbocycles. The Labute approximate surface area is 446 Å². The molecule has 0 fully saturated rings. The second-order valence-electron chi connectivity index (χ2n) is 24.6. The second-order valence-corrected chi connectivity index (χ2v) is 24.6. The molecule has 0 unspecified atom stereocenters. The van der Waals surface area contributed by atoms with Gasteiger partial charge in [0.15, 0.2) is 11.6 Å². The van der Waals surface area contributed by atoms with E-state index in [0.29, 0.717) is 56.8 Å². The fraction of sp³-hybridized carbons (Fsp3) is 0.460. The monoisotopic (exact) mass is 1030 g/mol. The molecule has 0 spiro atoms. The highest BCUT2D eigenvalue weighted by Crippen LogP contribution is 2.40. The van der Waals surface area contributed by atoms with Gasteiger partial charge >= 0.3 is 23.9 Å². The van der Waals surface area contributed by atoms with Crippen molar-refractivity contribution in [2.24, 2.45) is 21.7 Å². The van der Waals surface area contributed by atoms with Gasteiger partial charge in [0.25, 0.3) is 0 Å². The molecule has 75 heavy (non-hydrogen) atoms. The number of rotatable bonds is 15. The van der Waals surface area contributed by atoms with E-state index in [1.807, 2.05) is 74.4 Å². The number of benzene rings is 4. The lowest BCUT2D eigenvalue weighted by Crippen LogP contribution is -2.27. The van der Waals surface area contributed by atoms with Gasteiger partial charge in [-0.3, -0.25) is 28.8 Å². The maximum absolute atomic E-state index is 12.9. The summed E-state index contributed by atoms with van der Waals surface area (Å²) >= 11 is 0. The van der Waals surface area contributed by atoms with Crippen LogP contribution in [0.4, 0.5) is 0 Å². The number of carbonyl (C=O) groups is 6. The zero-order valence-corrected chi connectivity index (χ0v) is 48.4. The summed E-state index contributed by atoms with van der Waals surface area (Å²) in [5.41, 5.74) is 1.07. The molecule has 0 atom stereocenters. The highest BCUT2D eigenvalue weighted by atomic mass is 16.6. The van der Waals surface area contributed by atoms with Crippen LogP contribution in [0.3, 0.4) is 0 Å². The van der Waals surface area contributed by atoms with Crippen LogP contribution in [-0.4, -0.2) is 47.7 Å². The van der Waals surface area contributed by atoms with Crippen LogP contribution in [0.25, 0.3) is 12.2 Å². The third kappa shape index (κ3) is 19.4. The van der Waals surface area contributed by atoms with Gasteiger partial charge in [-0.25, -0.2) is 0 Å². The number of ketones is 2. The Hall–Kier alpha value is -6.82. The molecule has 0 bridgehead atoms. The largest absolute Gasteiger partial charge is 0.490 e. The maximum atomic E-state index is 12.9. The van der Waals surface area contributed by atoms with Crippen LogP contribution in [0.15, 0.2) is 84.9 Å². The second kappa shape index (κ2) is 25.1. The molecule has 0 radical (unpaired) electrons. The molecule has 4 rings (SSSR count). The summed E-state index contributed by atoms with van der Waals surface area (Å²) in [6.07, 6.45) is 6.11. The van der Waals surface area contributed by atoms with Gasteiger partial charge in [0.05, 0.1) is 33.9 Å². The van der Waals surface area contributed by atoms with E-state index in [0.717, 1.165) is 11.1 Å². The molecule has 0 aliphatic rings. The molecule has 0 aromatic heterocycles. The van der Waals surface area contributed by atoms with Crippen molar-refractivity contribution in [2.75, 3.05) is 0 Å². The van der Waals surface area contributed by atoms with E-state index in [-0.39, 0.29) is 59.0 Å². The van der Waals surface area contributed by atoms with Gasteiger partial charge in [-0.05, 0) is 213 Å². The molecule has 0 aliphatic heterocycles. The smallest absolute Gasteiger partial charge is 0.316 e. The molecule has 0 aliphatic carbocycles. The van der Waals surface area contributed by atoms with Crippen LogP contribution < -0.4 is 28.4 Å². The van der Waals surface area contributed by atoms with Gasteiger partial charge in [-0.15, -0.1) is 0 Å². The van der Waals surface area contributed by atoms with E-state index < -0.39 is 21.7 Å². The number of esters is 4. The van der Waals surface area contributed by atoms with Crippen molar-refractivity contribution in [3.05, 3.63) is 118 Å². The summed E-state index contributed by atoms with van der Waals surface area (Å²) < 4.78 is 34.4. The fourth-order valence-corrected chi connectivity index (χ4v) is 6.28. The predicted molar refractivity (Wildman–Crippen MR) is 297 cm³/mol. The quantitative estimate of drug-likeness (QED) is 0.0481. The lowest BCUT2D eigenvalue weighted by atomic mass is 9.85. The number of allylic oxidation sites excluding steroid dienone is 2. The average molecular weight is 1030 g/mol. The highest BCUT2D eigenvalue weighted by Gasteiger charge is 2.30. The van der Waals surface area contributed by atoms with Crippen molar-refractivity contribution in [3.63, 3.8) is 0 Å². The minimum atomic E-state index is -0.667. The third-order valence-corrected chi connectivity index (χ3v) is 10.8. The maximum Gasteiger partial charge on any atom is 0.316 e. The average Bonchev–Trinajstić information content (AvgIpc) is 3.26. The van der Waals surface area contributed by atoms with E-state index in [1.54, 1.807) is 156 Å². The van der Waals surface area contributed by atoms with E-state index in [2.05, 4.69) is 0 Å². The van der Waals surface area contributed by atoms with Crippen LogP contribution in [0.1, 0.15) is 194 Å². The molecule has 12 nitrogen and oxygen atoms in total. The van der Waals surface area contributed by atoms with E-state index in [9.17, 15) is 28.8 Å². The Bertz CT molecular complexity index is 2730. The molecule has 0 amide bonds. The van der Waals surface area contributed by atoms with Crippen molar-refractivity contribution < 1.29 is 57.2 Å². The van der Waals surface area contributed by atoms with E-state index in [4.69, 9.17) is 28.4 Å². The number of ether oxygens (including phenoxy) is 6. The SMILES string of the molecule is CC(C)Oc1cc(OC(=O)C(C)(C)C)c(C(C)(C)C)cc1/C=C/C(=O)c1ccc(OC(=O)C(C)(C)C)cc1.CC(C)Oc1cc(OC(=O)C(C)(C)C)c(C(C)C)cc1/C=C/C(=O)c1ccc(OC(=O)C(C)(C)C)cc1. The van der Waals surface area contributed by atoms with Crippen molar-refractivity contribution in [2.45, 2.75) is 169 Å². The normalized spacial score (nSPS) is 12.4. The molecular weight excluding hydrogens is 949 g/mol. The van der Waals surface area contributed by atoms with Crippen LogP contribution in [0.5, 0.6) is 34.5 Å². The summed E-state index contributed by atoms with van der Waals surface area (Å²) in [7, 11) is 0. The summed E-state index contributed by atoms with van der Waals surface area (Å²) in [5, 5.41) is 0. The Kier molecular flexibility index (Phi) is 20.9. The minimum Gasteiger partial charge on any atom is -0.490 e. The zero-order valence-electron chi connectivity index (χ0n) is 48.4. The van der Waals surface area contributed by atoms with Crippen LogP contribution in [0, 0.1) is 21.7 Å². The number of hydrogen-bond acceptors (Lipinski definition) is 12. The molecule has 4 aromatic rings. The van der Waals surface area contributed by atoms with Gasteiger partial charge in [-0.2, -0.15) is 0 Å². The van der Waals surface area contributed by atoms with E-state index >= 15 is 0 Å². The molecule has 0 N–H and O–H groups in total. The van der Waals surface area contributed by atoms with Gasteiger partial charge in [0.1, 0.15) is 34.5 Å². The van der Waals surface area contributed by atoms with Gasteiger partial charge < -0.3 is 28.4 Å². The summed E-state index contributed by atoms with van der Waals surface area (Å²) in [5.74, 6) is 0.976. The van der Waals surface area contributed by atoms with Crippen LogP contribution in [0.2, 0.25) is 0 Å². The third-order valence-electron chi connectivity index (χ3n) is 10.8. The van der Waals surface area contributed by atoms with Gasteiger partial charge in [-0.1, -0.05) is 34.6 Å². The van der Waals surface area contributed by atoms with Crippen LogP contribution >= 0.6 is 0 Å². The van der Waals surface area contributed by atoms with Gasteiger partial charge in [0, 0.05) is 39.9 Å². The summed E-state index contributed by atoms with van der Waals surface area (Å²) in [6, 6.07) is 20.2. The first-order valence-corrected chi connectivity index (χ1v) is 25.5. The first-order chi connectivity index (χ1) is 34.3. The lowest BCUT2D eigenvalue weighted by Gasteiger charge is -2.26. The Morgan fingerprint density at radius 2 is 0.720 bits per heavy atom. The molecule has 0 saturated heterocycles. The molecule has 0 saturated carbocycles. The molecule has 406 valence electrons. The van der Waals surface area contributed by atoms with Crippen molar-refractivity contribution >= 4 is 47.6 Å². The van der Waals surface area contributed by atoms with Crippen molar-refractivity contribution in [1.82, 2.24) is 0 Å². The Balaban J connectivity index is 0.000000395. The zero-order chi connectivity index (χ0) is 57.2. The summed E-state index contributed by atoms with van der Waals surface area (Å²) in [6.45, 7) is 39.3. The van der Waals surface area contributed by atoms with Crippen molar-refractivity contribution in [3.8, 4) is 34.5 Å². The standard InChI is InChI=1S/C32H42O6.C31H40O6/c1-20(2)36-26-19-27(38-29(35)32(9,10)11)24(30(3,4)5)18-22(26)14-17-25(33)21-12-15-23(16-13-21)37-28(34)31(6,7)8;1-19(2)24-17-22(26(35-20(3)4)18-27(24)37-29(34)31(8,9)10)13-16-25(32)21-11-14-23(15-12-21)36-28(33)30(5,6)7/h12-20H,1-11H3;11-20H,1-10H3/b17-14+;16-13+. The summed E-state index contributed by atoms with van der Waals surface area (Å²) in [4.78, 5) is 75.3. The predicted octanol–water partition coefficient (Wildman–Crippen LogP) is 15.0. The fourth-order valence-electron chi connectivity index (χ4n) is 6.28. The van der Waals surface area contributed by atoms with Gasteiger partial charge in [0.2, 0.25) is 0 Å². The molecular formula is C63H82O12. The van der Waals surface area contributed by atoms with Crippen LogP contribution in [-0.2, 0) is 24.6 Å². The first-order valence-electron chi connectivity index (χ1n) is 25.5. The minimum absolute atomic E-state index is 0.0714. The Morgan fingerprint density at radius 1 is 0.400 bits per heavy atom. The first kappa shape index (κ1) is 62.5. The molecule has 12 heteroatoms.